The molecule has 0 spiro atoms. The van der Waals surface area contributed by atoms with Gasteiger partial charge in [0.05, 0.1) is 5.56 Å². The molecule has 1 amide bonds. The van der Waals surface area contributed by atoms with Gasteiger partial charge in [-0.05, 0) is 23.8 Å². The summed E-state index contributed by atoms with van der Waals surface area (Å²) in [5.41, 5.74) is 10.9. The Labute approximate surface area is 119 Å². The van der Waals surface area contributed by atoms with Gasteiger partial charge in [-0.15, -0.1) is 0 Å². The van der Waals surface area contributed by atoms with Gasteiger partial charge in [-0.2, -0.15) is 0 Å². The summed E-state index contributed by atoms with van der Waals surface area (Å²) in [6.45, 7) is 0. The molecule has 1 unspecified atom stereocenters. The first-order chi connectivity index (χ1) is 9.90. The van der Waals surface area contributed by atoms with Crippen LogP contribution in [0.3, 0.4) is 0 Å². The van der Waals surface area contributed by atoms with Gasteiger partial charge in [-0.25, -0.2) is 8.78 Å². The number of hydrogen-bond acceptors (Lipinski definition) is 3. The number of hydrogen-bond donors (Lipinski definition) is 2. The lowest BCUT2D eigenvalue weighted by Crippen LogP contribution is -2.28. The van der Waals surface area contributed by atoms with Crippen molar-refractivity contribution in [1.29, 1.82) is 0 Å². The van der Waals surface area contributed by atoms with E-state index in [1.165, 1.54) is 24.3 Å². The lowest BCUT2D eigenvalue weighted by atomic mass is 9.98. The zero-order valence-corrected chi connectivity index (χ0v) is 10.8. The van der Waals surface area contributed by atoms with E-state index < -0.39 is 29.4 Å². The Bertz CT molecular complexity index is 717. The van der Waals surface area contributed by atoms with Gasteiger partial charge in [0.15, 0.2) is 5.78 Å². The number of carbonyl (C=O) groups excluding carboxylic acids is 2. The molecule has 1 atom stereocenters. The number of amides is 1. The maximum Gasteiger partial charge on any atom is 0.238 e. The Kier molecular flexibility index (Phi) is 4.09. The van der Waals surface area contributed by atoms with Gasteiger partial charge in [0, 0.05) is 11.6 Å². The van der Waals surface area contributed by atoms with Crippen LogP contribution < -0.4 is 11.5 Å². The summed E-state index contributed by atoms with van der Waals surface area (Å²) < 4.78 is 26.5. The summed E-state index contributed by atoms with van der Waals surface area (Å²) in [5, 5.41) is 0. The van der Waals surface area contributed by atoms with Crippen molar-refractivity contribution >= 4 is 11.7 Å². The first-order valence-corrected chi connectivity index (χ1v) is 6.04. The molecular formula is C15H12F2N2O2. The highest BCUT2D eigenvalue weighted by atomic mass is 19.1. The molecule has 0 heterocycles. The summed E-state index contributed by atoms with van der Waals surface area (Å²) in [4.78, 5) is 23.3. The van der Waals surface area contributed by atoms with Crippen LogP contribution in [0.5, 0.6) is 0 Å². The maximum absolute atomic E-state index is 13.6. The molecular weight excluding hydrogens is 278 g/mol. The van der Waals surface area contributed by atoms with Gasteiger partial charge < -0.3 is 11.5 Å². The lowest BCUT2D eigenvalue weighted by molar-refractivity contribution is -0.119. The van der Waals surface area contributed by atoms with Gasteiger partial charge in [-0.1, -0.05) is 18.2 Å². The Morgan fingerprint density at radius 1 is 1.05 bits per heavy atom. The summed E-state index contributed by atoms with van der Waals surface area (Å²) >= 11 is 0. The summed E-state index contributed by atoms with van der Waals surface area (Å²) in [7, 11) is 0. The molecule has 4 nitrogen and oxygen atoms in total. The van der Waals surface area contributed by atoms with Crippen LogP contribution >= 0.6 is 0 Å². The second kappa shape index (κ2) is 5.80. The quantitative estimate of drug-likeness (QED) is 0.840. The molecule has 0 saturated carbocycles. The normalized spacial score (nSPS) is 12.0. The molecule has 21 heavy (non-hydrogen) atoms. The molecule has 2 aromatic rings. The number of primary amides is 1. The highest BCUT2D eigenvalue weighted by Crippen LogP contribution is 2.18. The van der Waals surface area contributed by atoms with Gasteiger partial charge in [-0.3, -0.25) is 9.59 Å². The lowest BCUT2D eigenvalue weighted by Gasteiger charge is -2.09. The molecule has 108 valence electrons. The van der Waals surface area contributed by atoms with Crippen LogP contribution in [0.2, 0.25) is 0 Å². The van der Waals surface area contributed by atoms with Crippen molar-refractivity contribution in [3.05, 3.63) is 70.8 Å². The van der Waals surface area contributed by atoms with E-state index in [2.05, 4.69) is 0 Å². The van der Waals surface area contributed by atoms with Crippen LogP contribution in [0, 0.1) is 11.6 Å². The van der Waals surface area contributed by atoms with E-state index >= 15 is 0 Å². The fraction of sp³-hybridized carbons (Fsp3) is 0.0667. The van der Waals surface area contributed by atoms with Crippen LogP contribution in [0.4, 0.5) is 8.78 Å². The molecule has 4 N–H and O–H groups in total. The van der Waals surface area contributed by atoms with Crippen molar-refractivity contribution in [3.8, 4) is 0 Å². The predicted molar refractivity (Wildman–Crippen MR) is 72.4 cm³/mol. The minimum absolute atomic E-state index is 0.134. The number of carbonyl (C=O) groups is 2. The van der Waals surface area contributed by atoms with Crippen LogP contribution in [0.1, 0.15) is 27.5 Å². The van der Waals surface area contributed by atoms with Crippen LogP contribution in [0.25, 0.3) is 0 Å². The standard InChI is InChI=1S/C15H12F2N2O2/c16-10-4-5-11(12(17)7-10)14(20)9-3-1-2-8(6-9)13(18)15(19)21/h1-7,13H,18H2,(H2,19,21). The molecule has 0 aromatic heterocycles. The monoisotopic (exact) mass is 290 g/mol. The van der Waals surface area contributed by atoms with Crippen LogP contribution in [-0.4, -0.2) is 11.7 Å². The van der Waals surface area contributed by atoms with Gasteiger partial charge in [0.1, 0.15) is 17.7 Å². The van der Waals surface area contributed by atoms with E-state index in [1.807, 2.05) is 0 Å². The molecule has 0 aliphatic heterocycles. The van der Waals surface area contributed by atoms with Crippen molar-refractivity contribution < 1.29 is 18.4 Å². The third kappa shape index (κ3) is 3.11. The van der Waals surface area contributed by atoms with Crippen LogP contribution in [-0.2, 0) is 4.79 Å². The van der Waals surface area contributed by atoms with Crippen molar-refractivity contribution in [2.75, 3.05) is 0 Å². The second-order valence-electron chi connectivity index (χ2n) is 4.46. The Balaban J connectivity index is 2.40. The molecule has 6 heteroatoms. The molecule has 2 aromatic carbocycles. The van der Waals surface area contributed by atoms with E-state index in [4.69, 9.17) is 11.5 Å². The minimum Gasteiger partial charge on any atom is -0.368 e. The van der Waals surface area contributed by atoms with E-state index in [0.29, 0.717) is 11.6 Å². The average Bonchev–Trinajstić information content (AvgIpc) is 2.46. The van der Waals surface area contributed by atoms with Crippen molar-refractivity contribution in [2.45, 2.75) is 6.04 Å². The summed E-state index contributed by atoms with van der Waals surface area (Å²) in [6, 6.07) is 7.48. The fourth-order valence-corrected chi connectivity index (χ4v) is 1.87. The molecule has 0 fully saturated rings. The van der Waals surface area contributed by atoms with Gasteiger partial charge in [0.2, 0.25) is 5.91 Å². The Morgan fingerprint density at radius 3 is 2.38 bits per heavy atom. The zero-order valence-electron chi connectivity index (χ0n) is 10.8. The largest absolute Gasteiger partial charge is 0.368 e. The van der Waals surface area contributed by atoms with Crippen LogP contribution in [0.15, 0.2) is 42.5 Å². The average molecular weight is 290 g/mol. The highest BCUT2D eigenvalue weighted by molar-refractivity contribution is 6.09. The molecule has 0 bridgehead atoms. The summed E-state index contributed by atoms with van der Waals surface area (Å²) in [5.74, 6) is -3.10. The van der Waals surface area contributed by atoms with Gasteiger partial charge in [0.25, 0.3) is 0 Å². The second-order valence-corrected chi connectivity index (χ2v) is 4.46. The number of rotatable bonds is 4. The summed E-state index contributed by atoms with van der Waals surface area (Å²) in [6.07, 6.45) is 0. The van der Waals surface area contributed by atoms with Crippen molar-refractivity contribution in [2.24, 2.45) is 11.5 Å². The third-order valence-electron chi connectivity index (χ3n) is 2.99. The van der Waals surface area contributed by atoms with Gasteiger partial charge >= 0.3 is 0 Å². The zero-order chi connectivity index (χ0) is 15.6. The van der Waals surface area contributed by atoms with E-state index in [9.17, 15) is 18.4 Å². The maximum atomic E-state index is 13.6. The minimum atomic E-state index is -1.06. The molecule has 0 aliphatic rings. The molecule has 2 rings (SSSR count). The Morgan fingerprint density at radius 2 is 1.76 bits per heavy atom. The number of nitrogens with two attached hydrogens (primary N) is 2. The third-order valence-corrected chi connectivity index (χ3v) is 2.99. The molecule has 0 aliphatic carbocycles. The molecule has 0 saturated heterocycles. The SMILES string of the molecule is NC(=O)C(N)c1cccc(C(=O)c2ccc(F)cc2F)c1. The number of halogens is 2. The topological polar surface area (TPSA) is 86.2 Å². The van der Waals surface area contributed by atoms with E-state index in [0.717, 1.165) is 12.1 Å². The predicted octanol–water partition coefficient (Wildman–Crippen LogP) is 1.68. The number of benzene rings is 2. The van der Waals surface area contributed by atoms with Crippen molar-refractivity contribution in [3.63, 3.8) is 0 Å². The van der Waals surface area contributed by atoms with Crippen molar-refractivity contribution in [1.82, 2.24) is 0 Å². The number of ketones is 1. The van der Waals surface area contributed by atoms with E-state index in [1.54, 1.807) is 0 Å². The first kappa shape index (κ1) is 14.8. The smallest absolute Gasteiger partial charge is 0.238 e. The first-order valence-electron chi connectivity index (χ1n) is 6.04. The molecule has 0 radical (unpaired) electrons. The Hall–Kier alpha value is -2.60. The van der Waals surface area contributed by atoms with E-state index in [-0.39, 0.29) is 11.1 Å². The highest BCUT2D eigenvalue weighted by Gasteiger charge is 2.17. The fourth-order valence-electron chi connectivity index (χ4n) is 1.87.